The first-order chi connectivity index (χ1) is 14.0. The third kappa shape index (κ3) is 6.08. The van der Waals surface area contributed by atoms with Gasteiger partial charge < -0.3 is 24.8 Å². The number of likely N-dealkylation sites (N-methyl/N-ethyl adjacent to an activating group) is 1. The number of aliphatic hydroxyl groups is 1. The number of benzene rings is 2. The van der Waals surface area contributed by atoms with Crippen molar-refractivity contribution < 1.29 is 24.2 Å². The first-order valence-corrected chi connectivity index (χ1v) is 9.14. The molecule has 2 N–H and O–H groups in total. The number of ether oxygens (including phenoxy) is 2. The average Bonchev–Trinajstić information content (AvgIpc) is 2.73. The van der Waals surface area contributed by atoms with Crippen LogP contribution in [0.3, 0.4) is 0 Å². The molecule has 0 fully saturated rings. The highest BCUT2D eigenvalue weighted by molar-refractivity contribution is 5.99. The van der Waals surface area contributed by atoms with Gasteiger partial charge in [0.15, 0.2) is 11.5 Å². The molecule has 2 aromatic rings. The SMILES string of the molecule is COc1cc(C(=O)N(C)C/C=C/c2ccccc2)cc(NC(=O)CCO)c1OC. The Bertz CT molecular complexity index is 865. The van der Waals surface area contributed by atoms with E-state index in [9.17, 15) is 9.59 Å². The van der Waals surface area contributed by atoms with Crippen LogP contribution in [-0.4, -0.2) is 56.2 Å². The van der Waals surface area contributed by atoms with E-state index in [-0.39, 0.29) is 18.9 Å². The number of carbonyl (C=O) groups is 2. The normalized spacial score (nSPS) is 10.6. The van der Waals surface area contributed by atoms with E-state index in [1.165, 1.54) is 20.3 Å². The lowest BCUT2D eigenvalue weighted by molar-refractivity contribution is -0.116. The zero-order valence-corrected chi connectivity index (χ0v) is 16.8. The van der Waals surface area contributed by atoms with Crippen LogP contribution in [0.5, 0.6) is 11.5 Å². The van der Waals surface area contributed by atoms with Crippen molar-refractivity contribution in [1.29, 1.82) is 0 Å². The summed E-state index contributed by atoms with van der Waals surface area (Å²) in [4.78, 5) is 26.3. The highest BCUT2D eigenvalue weighted by atomic mass is 16.5. The summed E-state index contributed by atoms with van der Waals surface area (Å²) in [6.45, 7) is 0.134. The van der Waals surface area contributed by atoms with Gasteiger partial charge >= 0.3 is 0 Å². The van der Waals surface area contributed by atoms with Crippen LogP contribution in [0.1, 0.15) is 22.3 Å². The molecule has 2 amide bonds. The van der Waals surface area contributed by atoms with Crippen molar-refractivity contribution in [2.24, 2.45) is 0 Å². The fourth-order valence-corrected chi connectivity index (χ4v) is 2.71. The Morgan fingerprint density at radius 2 is 1.86 bits per heavy atom. The first kappa shape index (κ1) is 22.0. The molecule has 0 aromatic heterocycles. The quantitative estimate of drug-likeness (QED) is 0.678. The van der Waals surface area contributed by atoms with Crippen molar-refractivity contribution >= 4 is 23.6 Å². The van der Waals surface area contributed by atoms with Crippen LogP contribution in [-0.2, 0) is 4.79 Å². The predicted molar refractivity (Wildman–Crippen MR) is 112 cm³/mol. The van der Waals surface area contributed by atoms with Crippen LogP contribution >= 0.6 is 0 Å². The van der Waals surface area contributed by atoms with Gasteiger partial charge in [-0.15, -0.1) is 0 Å². The van der Waals surface area contributed by atoms with Gasteiger partial charge in [0, 0.05) is 19.2 Å². The summed E-state index contributed by atoms with van der Waals surface area (Å²) in [5.74, 6) is 0.00534. The topological polar surface area (TPSA) is 88.1 Å². The lowest BCUT2D eigenvalue weighted by atomic mass is 10.1. The molecule has 0 radical (unpaired) electrons. The van der Waals surface area contributed by atoms with Crippen LogP contribution in [0.4, 0.5) is 5.69 Å². The Balaban J connectivity index is 2.21. The van der Waals surface area contributed by atoms with Crippen LogP contribution < -0.4 is 14.8 Å². The maximum absolute atomic E-state index is 12.9. The minimum Gasteiger partial charge on any atom is -0.493 e. The lowest BCUT2D eigenvalue weighted by Gasteiger charge is -2.19. The molecule has 7 heteroatoms. The number of hydrogen-bond acceptors (Lipinski definition) is 5. The Kier molecular flexibility index (Phi) is 8.24. The molecule has 0 saturated heterocycles. The van der Waals surface area contributed by atoms with Gasteiger partial charge in [0.1, 0.15) is 0 Å². The average molecular weight is 398 g/mol. The molecule has 0 atom stereocenters. The van der Waals surface area contributed by atoms with Gasteiger partial charge in [-0.25, -0.2) is 0 Å². The molecule has 7 nitrogen and oxygen atoms in total. The molecule has 154 valence electrons. The molecule has 2 aromatic carbocycles. The second kappa shape index (κ2) is 10.9. The fourth-order valence-electron chi connectivity index (χ4n) is 2.71. The lowest BCUT2D eigenvalue weighted by Crippen LogP contribution is -2.27. The van der Waals surface area contributed by atoms with E-state index < -0.39 is 5.91 Å². The van der Waals surface area contributed by atoms with E-state index in [1.54, 1.807) is 18.0 Å². The monoisotopic (exact) mass is 398 g/mol. The van der Waals surface area contributed by atoms with Crippen molar-refractivity contribution in [1.82, 2.24) is 4.90 Å². The molecule has 0 bridgehead atoms. The summed E-state index contributed by atoms with van der Waals surface area (Å²) in [5, 5.41) is 11.6. The maximum Gasteiger partial charge on any atom is 0.254 e. The molecule has 0 unspecified atom stereocenters. The number of methoxy groups -OCH3 is 2. The second-order valence-electron chi connectivity index (χ2n) is 6.28. The third-order valence-electron chi connectivity index (χ3n) is 4.17. The maximum atomic E-state index is 12.9. The van der Waals surface area contributed by atoms with Gasteiger partial charge in [0.05, 0.1) is 32.9 Å². The number of hydrogen-bond donors (Lipinski definition) is 2. The molecular formula is C22H26N2O5. The summed E-state index contributed by atoms with van der Waals surface area (Å²) in [7, 11) is 4.59. The second-order valence-corrected chi connectivity index (χ2v) is 6.28. The molecule has 2 rings (SSSR count). The summed E-state index contributed by atoms with van der Waals surface area (Å²) in [6.07, 6.45) is 3.78. The number of carbonyl (C=O) groups excluding carboxylic acids is 2. The number of anilines is 1. The molecule has 0 aliphatic rings. The van der Waals surface area contributed by atoms with Gasteiger partial charge in [0.25, 0.3) is 5.91 Å². The minimum atomic E-state index is -0.392. The van der Waals surface area contributed by atoms with Crippen LogP contribution in [0, 0.1) is 0 Å². The van der Waals surface area contributed by atoms with Crippen LogP contribution in [0.2, 0.25) is 0 Å². The number of rotatable bonds is 9. The van der Waals surface area contributed by atoms with E-state index in [2.05, 4.69) is 5.32 Å². The van der Waals surface area contributed by atoms with Gasteiger partial charge in [-0.3, -0.25) is 9.59 Å². The van der Waals surface area contributed by atoms with Crippen molar-refractivity contribution in [2.45, 2.75) is 6.42 Å². The van der Waals surface area contributed by atoms with Gasteiger partial charge in [-0.1, -0.05) is 42.5 Å². The van der Waals surface area contributed by atoms with E-state index in [1.807, 2.05) is 42.5 Å². The minimum absolute atomic E-state index is 0.0617. The van der Waals surface area contributed by atoms with Crippen molar-refractivity contribution in [3.05, 3.63) is 59.7 Å². The molecular weight excluding hydrogens is 372 g/mol. The Morgan fingerprint density at radius 3 is 2.48 bits per heavy atom. The van der Waals surface area contributed by atoms with Gasteiger partial charge in [-0.2, -0.15) is 0 Å². The number of nitrogens with zero attached hydrogens (tertiary/aromatic N) is 1. The van der Waals surface area contributed by atoms with E-state index in [0.29, 0.717) is 29.3 Å². The van der Waals surface area contributed by atoms with E-state index in [0.717, 1.165) is 5.56 Å². The Hall–Kier alpha value is -3.32. The third-order valence-corrected chi connectivity index (χ3v) is 4.17. The van der Waals surface area contributed by atoms with Gasteiger partial charge in [0.2, 0.25) is 5.91 Å². The highest BCUT2D eigenvalue weighted by Gasteiger charge is 2.19. The molecule has 0 saturated carbocycles. The largest absolute Gasteiger partial charge is 0.493 e. The molecule has 0 spiro atoms. The number of aliphatic hydroxyl groups excluding tert-OH is 1. The first-order valence-electron chi connectivity index (χ1n) is 9.14. The van der Waals surface area contributed by atoms with Crippen LogP contribution in [0.25, 0.3) is 6.08 Å². The fraction of sp³-hybridized carbons (Fsp3) is 0.273. The Labute approximate surface area is 170 Å². The zero-order valence-electron chi connectivity index (χ0n) is 16.8. The van der Waals surface area contributed by atoms with Crippen molar-refractivity contribution in [3.8, 4) is 11.5 Å². The number of amides is 2. The van der Waals surface area contributed by atoms with E-state index >= 15 is 0 Å². The smallest absolute Gasteiger partial charge is 0.254 e. The summed E-state index contributed by atoms with van der Waals surface area (Å²) >= 11 is 0. The molecule has 0 heterocycles. The molecule has 0 aliphatic carbocycles. The molecule has 29 heavy (non-hydrogen) atoms. The zero-order chi connectivity index (χ0) is 21.2. The van der Waals surface area contributed by atoms with E-state index in [4.69, 9.17) is 14.6 Å². The van der Waals surface area contributed by atoms with Gasteiger partial charge in [-0.05, 0) is 17.7 Å². The number of nitrogens with one attached hydrogen (secondary N) is 1. The van der Waals surface area contributed by atoms with Crippen molar-refractivity contribution in [3.63, 3.8) is 0 Å². The van der Waals surface area contributed by atoms with Crippen LogP contribution in [0.15, 0.2) is 48.5 Å². The molecule has 0 aliphatic heterocycles. The standard InChI is InChI=1S/C22H26N2O5/c1-24(12-7-10-16-8-5-4-6-9-16)22(27)17-14-18(23-20(26)11-13-25)21(29-3)19(15-17)28-2/h4-10,14-15,25H,11-13H2,1-3H3,(H,23,26)/b10-7+. The van der Waals surface area contributed by atoms with Crippen molar-refractivity contribution in [2.75, 3.05) is 39.7 Å². The summed E-state index contributed by atoms with van der Waals surface area (Å²) < 4.78 is 10.6. The highest BCUT2D eigenvalue weighted by Crippen LogP contribution is 2.37. The Morgan fingerprint density at radius 1 is 1.14 bits per heavy atom. The summed E-state index contributed by atoms with van der Waals surface area (Å²) in [5.41, 5.74) is 1.70. The summed E-state index contributed by atoms with van der Waals surface area (Å²) in [6, 6.07) is 12.9. The predicted octanol–water partition coefficient (Wildman–Crippen LogP) is 2.81.